The van der Waals surface area contributed by atoms with E-state index in [4.69, 9.17) is 0 Å². The normalized spacial score (nSPS) is 11.6. The molecule has 0 aromatic heterocycles. The minimum absolute atomic E-state index is 0.219. The number of para-hydroxylation sites is 1. The number of hydrogen-bond acceptors (Lipinski definition) is 6. The van der Waals surface area contributed by atoms with E-state index in [0.29, 0.717) is 0 Å². The Bertz CT molecular complexity index is 470. The second-order valence-corrected chi connectivity index (χ2v) is 3.13. The summed E-state index contributed by atoms with van der Waals surface area (Å²) >= 11 is 0. The highest BCUT2D eigenvalue weighted by atomic mass is 16.6. The molecule has 0 heterocycles. The number of hydrogen-bond donors (Lipinski definition) is 1. The molecule has 0 amide bonds. The van der Waals surface area contributed by atoms with Crippen LogP contribution in [-0.2, 0) is 14.3 Å². The van der Waals surface area contributed by atoms with Gasteiger partial charge >= 0.3 is 11.9 Å². The van der Waals surface area contributed by atoms with Crippen molar-refractivity contribution in [3.05, 3.63) is 39.9 Å². The van der Waals surface area contributed by atoms with E-state index in [0.717, 1.165) is 13.0 Å². The Kier molecular flexibility index (Phi) is 3.89. The van der Waals surface area contributed by atoms with Crippen molar-refractivity contribution in [2.24, 2.45) is 0 Å². The fraction of sp³-hybridized carbons (Fsp3) is 0.200. The molecule has 0 bridgehead atoms. The molecule has 1 aromatic carbocycles. The molecular weight excluding hydrogens is 230 g/mol. The molecule has 1 aromatic rings. The van der Waals surface area contributed by atoms with Crippen LogP contribution in [0.25, 0.3) is 0 Å². The smallest absolute Gasteiger partial charge is 0.347 e. The van der Waals surface area contributed by atoms with Gasteiger partial charge in [0.1, 0.15) is 0 Å². The van der Waals surface area contributed by atoms with E-state index in [1.165, 1.54) is 18.2 Å². The summed E-state index contributed by atoms with van der Waals surface area (Å²) in [7, 11) is 0. The first-order valence-corrected chi connectivity index (χ1v) is 4.57. The average molecular weight is 239 g/mol. The number of carbonyl (C=O) groups is 2. The molecule has 0 aliphatic carbocycles. The zero-order valence-corrected chi connectivity index (χ0v) is 8.82. The number of nitro benzene ring substituents is 1. The van der Waals surface area contributed by atoms with Gasteiger partial charge in [-0.05, 0) is 6.07 Å². The summed E-state index contributed by atoms with van der Waals surface area (Å²) in [6, 6.07) is 5.17. The van der Waals surface area contributed by atoms with Crippen molar-refractivity contribution in [2.45, 2.75) is 13.0 Å². The Balaban J connectivity index is 3.03. The average Bonchev–Trinajstić information content (AvgIpc) is 2.27. The lowest BCUT2D eigenvalue weighted by Crippen LogP contribution is -2.18. The third kappa shape index (κ3) is 3.08. The first-order chi connectivity index (χ1) is 7.93. The Labute approximate surface area is 95.8 Å². The molecule has 90 valence electrons. The first-order valence-electron chi connectivity index (χ1n) is 4.57. The number of aliphatic hydroxyl groups is 1. The second-order valence-electron chi connectivity index (χ2n) is 3.13. The van der Waals surface area contributed by atoms with Gasteiger partial charge in [-0.1, -0.05) is 12.1 Å². The fourth-order valence-electron chi connectivity index (χ4n) is 1.21. The van der Waals surface area contributed by atoms with Crippen LogP contribution in [0.4, 0.5) is 5.69 Å². The lowest BCUT2D eigenvalue weighted by molar-refractivity contribution is -0.386. The number of nitro groups is 1. The first kappa shape index (κ1) is 12.8. The summed E-state index contributed by atoms with van der Waals surface area (Å²) in [5.74, 6) is -2.14. The summed E-state index contributed by atoms with van der Waals surface area (Å²) in [5.41, 5.74) is -0.635. The molecule has 17 heavy (non-hydrogen) atoms. The highest BCUT2D eigenvalue weighted by molar-refractivity contribution is 5.88. The van der Waals surface area contributed by atoms with Crippen molar-refractivity contribution >= 4 is 17.6 Å². The van der Waals surface area contributed by atoms with Crippen LogP contribution in [0.3, 0.4) is 0 Å². The van der Waals surface area contributed by atoms with Crippen LogP contribution in [0.5, 0.6) is 0 Å². The van der Waals surface area contributed by atoms with Gasteiger partial charge in [-0.15, -0.1) is 0 Å². The number of rotatable bonds is 3. The molecule has 1 N–H and O–H groups in total. The van der Waals surface area contributed by atoms with Crippen LogP contribution < -0.4 is 0 Å². The van der Waals surface area contributed by atoms with Crippen LogP contribution in [0.2, 0.25) is 0 Å². The maximum atomic E-state index is 11.2. The topological polar surface area (TPSA) is 107 Å². The van der Waals surface area contributed by atoms with Crippen LogP contribution in [0.15, 0.2) is 24.3 Å². The van der Waals surface area contributed by atoms with Crippen LogP contribution in [-0.4, -0.2) is 22.0 Å². The van der Waals surface area contributed by atoms with Crippen LogP contribution >= 0.6 is 0 Å². The fourth-order valence-corrected chi connectivity index (χ4v) is 1.21. The van der Waals surface area contributed by atoms with E-state index >= 15 is 0 Å². The number of nitrogens with zero attached hydrogens (tertiary/aromatic N) is 1. The molecule has 0 saturated carbocycles. The van der Waals surface area contributed by atoms with Gasteiger partial charge in [0.25, 0.3) is 5.69 Å². The third-order valence-electron chi connectivity index (χ3n) is 1.90. The maximum Gasteiger partial charge on any atom is 0.347 e. The zero-order valence-electron chi connectivity index (χ0n) is 8.82. The minimum atomic E-state index is -1.86. The van der Waals surface area contributed by atoms with E-state index in [2.05, 4.69) is 4.74 Å². The quantitative estimate of drug-likeness (QED) is 0.360. The van der Waals surface area contributed by atoms with Gasteiger partial charge in [0.2, 0.25) is 0 Å². The SMILES string of the molecule is CC(=O)OC(=O)C(O)c1ccccc1[N+](=O)[O-]. The predicted molar refractivity (Wildman–Crippen MR) is 54.8 cm³/mol. The Morgan fingerprint density at radius 1 is 1.41 bits per heavy atom. The van der Waals surface area contributed by atoms with Crippen LogP contribution in [0, 0.1) is 10.1 Å². The number of benzene rings is 1. The number of aliphatic hydroxyl groups excluding tert-OH is 1. The molecule has 0 fully saturated rings. The van der Waals surface area contributed by atoms with Crippen molar-refractivity contribution in [1.29, 1.82) is 0 Å². The van der Waals surface area contributed by atoms with Gasteiger partial charge in [-0.2, -0.15) is 0 Å². The zero-order chi connectivity index (χ0) is 13.0. The van der Waals surface area contributed by atoms with Crippen molar-refractivity contribution in [3.63, 3.8) is 0 Å². The van der Waals surface area contributed by atoms with Gasteiger partial charge < -0.3 is 9.84 Å². The van der Waals surface area contributed by atoms with Gasteiger partial charge in [0.05, 0.1) is 10.5 Å². The molecule has 0 spiro atoms. The van der Waals surface area contributed by atoms with Gasteiger partial charge in [-0.3, -0.25) is 14.9 Å². The second kappa shape index (κ2) is 5.17. The summed E-state index contributed by atoms with van der Waals surface area (Å²) in [5, 5.41) is 20.2. The van der Waals surface area contributed by atoms with E-state index in [9.17, 15) is 24.8 Å². The lowest BCUT2D eigenvalue weighted by Gasteiger charge is -2.08. The molecule has 1 unspecified atom stereocenters. The van der Waals surface area contributed by atoms with E-state index in [-0.39, 0.29) is 5.56 Å². The van der Waals surface area contributed by atoms with Gasteiger partial charge in [0, 0.05) is 13.0 Å². The molecule has 1 rings (SSSR count). The van der Waals surface area contributed by atoms with Crippen molar-refractivity contribution < 1.29 is 24.4 Å². The van der Waals surface area contributed by atoms with Gasteiger partial charge in [-0.25, -0.2) is 4.79 Å². The number of ether oxygens (including phenoxy) is 1. The lowest BCUT2D eigenvalue weighted by atomic mass is 10.1. The standard InChI is InChI=1S/C10H9NO6/c1-6(12)17-10(14)9(13)7-4-2-3-5-8(7)11(15)16/h2-5,9,13H,1H3. The van der Waals surface area contributed by atoms with Gasteiger partial charge in [0.15, 0.2) is 6.10 Å². The summed E-state index contributed by atoms with van der Waals surface area (Å²) in [6.45, 7) is 0.990. The number of esters is 2. The Morgan fingerprint density at radius 2 is 2.00 bits per heavy atom. The highest BCUT2D eigenvalue weighted by Gasteiger charge is 2.27. The highest BCUT2D eigenvalue weighted by Crippen LogP contribution is 2.25. The Hall–Kier alpha value is -2.28. The monoisotopic (exact) mass is 239 g/mol. The van der Waals surface area contributed by atoms with Crippen molar-refractivity contribution in [3.8, 4) is 0 Å². The molecule has 1 atom stereocenters. The number of carbonyl (C=O) groups excluding carboxylic acids is 2. The molecule has 7 nitrogen and oxygen atoms in total. The predicted octanol–water partition coefficient (Wildman–Crippen LogP) is 0.718. The molecule has 0 radical (unpaired) electrons. The van der Waals surface area contributed by atoms with Crippen LogP contribution in [0.1, 0.15) is 18.6 Å². The summed E-state index contributed by atoms with van der Waals surface area (Å²) < 4.78 is 4.15. The van der Waals surface area contributed by atoms with E-state index in [1.807, 2.05) is 0 Å². The molecular formula is C10H9NO6. The Morgan fingerprint density at radius 3 is 2.53 bits per heavy atom. The van der Waals surface area contributed by atoms with Crippen molar-refractivity contribution in [2.75, 3.05) is 0 Å². The maximum absolute atomic E-state index is 11.2. The minimum Gasteiger partial charge on any atom is -0.391 e. The van der Waals surface area contributed by atoms with E-state index < -0.39 is 28.7 Å². The summed E-state index contributed by atoms with van der Waals surface area (Å²) in [6.07, 6.45) is -1.86. The largest absolute Gasteiger partial charge is 0.391 e. The molecule has 0 aliphatic rings. The van der Waals surface area contributed by atoms with E-state index in [1.54, 1.807) is 0 Å². The molecule has 7 heteroatoms. The third-order valence-corrected chi connectivity index (χ3v) is 1.90. The van der Waals surface area contributed by atoms with Crippen molar-refractivity contribution in [1.82, 2.24) is 0 Å². The summed E-state index contributed by atoms with van der Waals surface area (Å²) in [4.78, 5) is 31.6. The molecule has 0 aliphatic heterocycles. The molecule has 0 saturated heterocycles.